The molecule has 1 amide bonds. The lowest BCUT2D eigenvalue weighted by Crippen LogP contribution is -2.36. The van der Waals surface area contributed by atoms with E-state index < -0.39 is 0 Å². The van der Waals surface area contributed by atoms with Crippen molar-refractivity contribution < 1.29 is 4.79 Å². The van der Waals surface area contributed by atoms with E-state index in [1.54, 1.807) is 0 Å². The van der Waals surface area contributed by atoms with Gasteiger partial charge < -0.3 is 5.32 Å². The van der Waals surface area contributed by atoms with Crippen molar-refractivity contribution in [3.8, 4) is 0 Å². The van der Waals surface area contributed by atoms with Gasteiger partial charge in [-0.3, -0.25) is 4.79 Å². The second kappa shape index (κ2) is 8.28. The number of carbonyl (C=O) groups excluding carboxylic acids is 1. The van der Waals surface area contributed by atoms with Gasteiger partial charge in [0.05, 0.1) is 0 Å². The zero-order valence-corrected chi connectivity index (χ0v) is 13.6. The van der Waals surface area contributed by atoms with Gasteiger partial charge in [-0.25, -0.2) is 0 Å². The van der Waals surface area contributed by atoms with Crippen LogP contribution in [-0.4, -0.2) is 17.3 Å². The molecule has 0 heterocycles. The van der Waals surface area contributed by atoms with Crippen LogP contribution < -0.4 is 5.32 Å². The zero-order valence-electron chi connectivity index (χ0n) is 12.0. The summed E-state index contributed by atoms with van der Waals surface area (Å²) in [6, 6.07) is 0. The van der Waals surface area contributed by atoms with E-state index in [9.17, 15) is 4.79 Å². The molecule has 2 nitrogen and oxygen atoms in total. The van der Waals surface area contributed by atoms with Gasteiger partial charge in [-0.15, -0.1) is 0 Å². The molecule has 19 heavy (non-hydrogen) atoms. The predicted octanol–water partition coefficient (Wildman–Crippen LogP) is 4.42. The maximum absolute atomic E-state index is 12.3. The Morgan fingerprint density at radius 2 is 1.63 bits per heavy atom. The van der Waals surface area contributed by atoms with Gasteiger partial charge in [0.1, 0.15) is 0 Å². The van der Waals surface area contributed by atoms with Crippen LogP contribution in [0, 0.1) is 11.8 Å². The van der Waals surface area contributed by atoms with Crippen LogP contribution in [-0.2, 0) is 4.79 Å². The summed E-state index contributed by atoms with van der Waals surface area (Å²) in [6.45, 7) is 0.900. The molecule has 2 unspecified atom stereocenters. The normalized spacial score (nSPS) is 30.4. The molecule has 2 aliphatic carbocycles. The van der Waals surface area contributed by atoms with Crippen molar-refractivity contribution >= 4 is 21.8 Å². The van der Waals surface area contributed by atoms with E-state index in [2.05, 4.69) is 21.2 Å². The van der Waals surface area contributed by atoms with Crippen LogP contribution in [0.1, 0.15) is 70.6 Å². The highest BCUT2D eigenvalue weighted by molar-refractivity contribution is 9.09. The fourth-order valence-corrected chi connectivity index (χ4v) is 4.37. The van der Waals surface area contributed by atoms with Crippen LogP contribution in [0.15, 0.2) is 0 Å². The first-order valence-corrected chi connectivity index (χ1v) is 9.09. The predicted molar refractivity (Wildman–Crippen MR) is 83.5 cm³/mol. The van der Waals surface area contributed by atoms with E-state index in [0.717, 1.165) is 19.4 Å². The van der Waals surface area contributed by atoms with Crippen LogP contribution in [0.3, 0.4) is 0 Å². The van der Waals surface area contributed by atoms with Crippen molar-refractivity contribution in [3.05, 3.63) is 0 Å². The second-order valence-electron chi connectivity index (χ2n) is 6.42. The van der Waals surface area contributed by atoms with Gasteiger partial charge in [-0.1, -0.05) is 54.5 Å². The number of amides is 1. The van der Waals surface area contributed by atoms with E-state index in [4.69, 9.17) is 0 Å². The Hall–Kier alpha value is -0.0500. The molecule has 0 bridgehead atoms. The molecule has 3 heteroatoms. The third kappa shape index (κ3) is 5.45. The van der Waals surface area contributed by atoms with E-state index in [-0.39, 0.29) is 0 Å². The monoisotopic (exact) mass is 329 g/mol. The van der Waals surface area contributed by atoms with Gasteiger partial charge in [-0.05, 0) is 38.0 Å². The number of hydrogen-bond acceptors (Lipinski definition) is 1. The molecule has 2 fully saturated rings. The smallest absolute Gasteiger partial charge is 0.223 e. The number of halogens is 1. The Labute approximate surface area is 126 Å². The molecule has 0 aromatic carbocycles. The van der Waals surface area contributed by atoms with E-state index in [1.165, 1.54) is 57.8 Å². The number of carbonyl (C=O) groups is 1. The standard InChI is InChI=1S/C16H28BrNO/c17-15-10-6-7-13(11-15)12-18-16(19)14-8-4-2-1-3-5-9-14/h13-15H,1-12H2,(H,18,19). The Morgan fingerprint density at radius 1 is 0.947 bits per heavy atom. The van der Waals surface area contributed by atoms with E-state index in [1.807, 2.05) is 0 Å². The minimum Gasteiger partial charge on any atom is -0.356 e. The number of rotatable bonds is 3. The van der Waals surface area contributed by atoms with E-state index >= 15 is 0 Å². The highest BCUT2D eigenvalue weighted by atomic mass is 79.9. The summed E-state index contributed by atoms with van der Waals surface area (Å²) >= 11 is 3.72. The molecule has 1 N–H and O–H groups in total. The van der Waals surface area contributed by atoms with Crippen LogP contribution in [0.2, 0.25) is 0 Å². The molecular formula is C16H28BrNO. The highest BCUT2D eigenvalue weighted by Crippen LogP contribution is 2.28. The maximum Gasteiger partial charge on any atom is 0.223 e. The molecule has 0 saturated heterocycles. The molecule has 2 saturated carbocycles. The Balaban J connectivity index is 1.70. The minimum absolute atomic E-state index is 0.295. The lowest BCUT2D eigenvalue weighted by Gasteiger charge is -2.27. The van der Waals surface area contributed by atoms with Crippen molar-refractivity contribution in [2.45, 2.75) is 75.5 Å². The summed E-state index contributed by atoms with van der Waals surface area (Å²) in [5, 5.41) is 3.23. The van der Waals surface area contributed by atoms with Gasteiger partial charge in [0.25, 0.3) is 0 Å². The lowest BCUT2D eigenvalue weighted by molar-refractivity contribution is -0.125. The molecule has 2 aliphatic rings. The first kappa shape index (κ1) is 15.3. The number of alkyl halides is 1. The van der Waals surface area contributed by atoms with Gasteiger partial charge in [0.15, 0.2) is 0 Å². The van der Waals surface area contributed by atoms with Crippen molar-refractivity contribution in [2.75, 3.05) is 6.54 Å². The first-order chi connectivity index (χ1) is 9.25. The summed E-state index contributed by atoms with van der Waals surface area (Å²) < 4.78 is 0. The van der Waals surface area contributed by atoms with Gasteiger partial charge in [0, 0.05) is 17.3 Å². The Morgan fingerprint density at radius 3 is 2.32 bits per heavy atom. The molecule has 2 atom stereocenters. The van der Waals surface area contributed by atoms with Crippen molar-refractivity contribution in [1.29, 1.82) is 0 Å². The average molecular weight is 330 g/mol. The van der Waals surface area contributed by atoms with Crippen LogP contribution in [0.25, 0.3) is 0 Å². The highest BCUT2D eigenvalue weighted by Gasteiger charge is 2.23. The third-order valence-corrected chi connectivity index (χ3v) is 5.59. The third-order valence-electron chi connectivity index (χ3n) is 4.76. The molecule has 0 aromatic heterocycles. The molecule has 110 valence electrons. The van der Waals surface area contributed by atoms with Gasteiger partial charge >= 0.3 is 0 Å². The van der Waals surface area contributed by atoms with Crippen molar-refractivity contribution in [2.24, 2.45) is 11.8 Å². The average Bonchev–Trinajstić information content (AvgIpc) is 2.36. The minimum atomic E-state index is 0.295. The quantitative estimate of drug-likeness (QED) is 0.763. The fourth-order valence-electron chi connectivity index (χ4n) is 3.52. The molecule has 0 spiro atoms. The second-order valence-corrected chi connectivity index (χ2v) is 7.71. The van der Waals surface area contributed by atoms with Crippen LogP contribution in [0.5, 0.6) is 0 Å². The summed E-state index contributed by atoms with van der Waals surface area (Å²) in [4.78, 5) is 12.9. The number of nitrogens with one attached hydrogen (secondary N) is 1. The first-order valence-electron chi connectivity index (χ1n) is 8.17. The largest absolute Gasteiger partial charge is 0.356 e. The Kier molecular flexibility index (Phi) is 6.69. The SMILES string of the molecule is O=C(NCC1CCCC(Br)C1)C1CCCCCCC1. The van der Waals surface area contributed by atoms with Crippen molar-refractivity contribution in [1.82, 2.24) is 5.32 Å². The van der Waals surface area contributed by atoms with Crippen LogP contribution >= 0.6 is 15.9 Å². The molecule has 2 rings (SSSR count). The molecule has 0 aliphatic heterocycles. The van der Waals surface area contributed by atoms with Crippen LogP contribution in [0.4, 0.5) is 0 Å². The molecular weight excluding hydrogens is 302 g/mol. The number of hydrogen-bond donors (Lipinski definition) is 1. The van der Waals surface area contributed by atoms with Gasteiger partial charge in [0.2, 0.25) is 5.91 Å². The van der Waals surface area contributed by atoms with E-state index in [0.29, 0.717) is 22.6 Å². The summed E-state index contributed by atoms with van der Waals surface area (Å²) in [6.07, 6.45) is 13.8. The Bertz CT molecular complexity index is 274. The summed E-state index contributed by atoms with van der Waals surface area (Å²) in [5.74, 6) is 1.32. The molecule has 0 aromatic rings. The maximum atomic E-state index is 12.3. The topological polar surface area (TPSA) is 29.1 Å². The summed E-state index contributed by atoms with van der Waals surface area (Å²) in [7, 11) is 0. The molecule has 0 radical (unpaired) electrons. The zero-order chi connectivity index (χ0) is 13.5. The van der Waals surface area contributed by atoms with Gasteiger partial charge in [-0.2, -0.15) is 0 Å². The fraction of sp³-hybridized carbons (Fsp3) is 0.938. The van der Waals surface area contributed by atoms with Crippen molar-refractivity contribution in [3.63, 3.8) is 0 Å². The summed E-state index contributed by atoms with van der Waals surface area (Å²) in [5.41, 5.74) is 0. The lowest BCUT2D eigenvalue weighted by atomic mass is 9.88.